The van der Waals surface area contributed by atoms with E-state index in [9.17, 15) is 0 Å². The molecule has 3 heteroatoms. The smallest absolute Gasteiger partial charge is 0.115 e. The Labute approximate surface area is 82.1 Å². The highest BCUT2D eigenvalue weighted by Crippen LogP contribution is 2.36. The Hall–Kier alpha value is -0.670. The van der Waals surface area contributed by atoms with Crippen LogP contribution in [0.25, 0.3) is 0 Å². The number of thioether (sulfide) groups is 1. The Morgan fingerprint density at radius 2 is 2.00 bits per heavy atom. The second kappa shape index (κ2) is 3.60. The van der Waals surface area contributed by atoms with Crippen molar-refractivity contribution < 1.29 is 5.11 Å². The first-order valence-electron chi connectivity index (χ1n) is 4.43. The second-order valence-corrected chi connectivity index (χ2v) is 4.66. The summed E-state index contributed by atoms with van der Waals surface area (Å²) in [5.74, 6) is 1.54. The molecule has 1 saturated heterocycles. The summed E-state index contributed by atoms with van der Waals surface area (Å²) in [7, 11) is 0. The molecule has 0 aromatic heterocycles. The summed E-state index contributed by atoms with van der Waals surface area (Å²) in [6.45, 7) is 0. The van der Waals surface area contributed by atoms with Gasteiger partial charge in [-0.05, 0) is 29.9 Å². The molecule has 1 aromatic carbocycles. The molecular weight excluding hydrogens is 182 g/mol. The Morgan fingerprint density at radius 3 is 2.46 bits per heavy atom. The molecule has 70 valence electrons. The lowest BCUT2D eigenvalue weighted by Gasteiger charge is -2.30. The van der Waals surface area contributed by atoms with E-state index in [4.69, 9.17) is 10.8 Å². The molecule has 0 radical (unpaired) electrons. The van der Waals surface area contributed by atoms with Gasteiger partial charge in [0.15, 0.2) is 0 Å². The van der Waals surface area contributed by atoms with Crippen molar-refractivity contribution in [3.8, 4) is 5.75 Å². The number of nitrogens with two attached hydrogens (primary N) is 1. The van der Waals surface area contributed by atoms with Crippen molar-refractivity contribution in [2.45, 2.75) is 17.7 Å². The lowest BCUT2D eigenvalue weighted by molar-refractivity contribution is 0.474. The third kappa shape index (κ3) is 1.81. The first-order chi connectivity index (χ1) is 6.27. The van der Waals surface area contributed by atoms with E-state index in [0.717, 1.165) is 5.56 Å². The summed E-state index contributed by atoms with van der Waals surface area (Å²) in [5, 5.41) is 9.68. The van der Waals surface area contributed by atoms with E-state index in [1.165, 1.54) is 12.2 Å². The van der Waals surface area contributed by atoms with Crippen LogP contribution in [0.3, 0.4) is 0 Å². The van der Waals surface area contributed by atoms with Crippen molar-refractivity contribution in [2.75, 3.05) is 5.75 Å². The second-order valence-electron chi connectivity index (χ2n) is 3.32. The molecule has 0 bridgehead atoms. The van der Waals surface area contributed by atoms with Gasteiger partial charge in [0.25, 0.3) is 0 Å². The van der Waals surface area contributed by atoms with E-state index in [1.54, 1.807) is 12.1 Å². The van der Waals surface area contributed by atoms with Crippen LogP contribution in [0, 0.1) is 0 Å². The number of aromatic hydroxyl groups is 1. The number of phenolic OH excluding ortho intramolecular Hbond substituents is 1. The summed E-state index contributed by atoms with van der Waals surface area (Å²) < 4.78 is 0. The van der Waals surface area contributed by atoms with Gasteiger partial charge in [-0.2, -0.15) is 11.8 Å². The molecule has 0 saturated carbocycles. The number of hydrogen-bond acceptors (Lipinski definition) is 3. The van der Waals surface area contributed by atoms with Gasteiger partial charge in [0.05, 0.1) is 0 Å². The lowest BCUT2D eigenvalue weighted by atomic mass is 10.0. The Morgan fingerprint density at radius 1 is 1.38 bits per heavy atom. The zero-order chi connectivity index (χ0) is 9.26. The molecule has 1 aliphatic rings. The highest BCUT2D eigenvalue weighted by Gasteiger charge is 2.25. The average molecular weight is 195 g/mol. The fraction of sp³-hybridized carbons (Fsp3) is 0.400. The van der Waals surface area contributed by atoms with Gasteiger partial charge in [-0.15, -0.1) is 0 Å². The molecule has 1 unspecified atom stereocenters. The third-order valence-electron chi connectivity index (χ3n) is 2.41. The van der Waals surface area contributed by atoms with E-state index >= 15 is 0 Å². The molecule has 2 nitrogen and oxygen atoms in total. The Bertz CT molecular complexity index is 281. The summed E-state index contributed by atoms with van der Waals surface area (Å²) in [6.07, 6.45) is 1.21. The standard InChI is InChI=1S/C10H13NOS/c11-10(9-5-6-13-9)7-1-3-8(12)4-2-7/h1-4,9-10,12H,5-6,11H2/t9-,10?/m0/s1. The van der Waals surface area contributed by atoms with Crippen LogP contribution in [0.5, 0.6) is 5.75 Å². The fourth-order valence-electron chi connectivity index (χ4n) is 1.45. The van der Waals surface area contributed by atoms with Crippen LogP contribution >= 0.6 is 11.8 Å². The molecule has 13 heavy (non-hydrogen) atoms. The van der Waals surface area contributed by atoms with Crippen LogP contribution in [0.4, 0.5) is 0 Å². The normalized spacial score (nSPS) is 23.6. The van der Waals surface area contributed by atoms with Crippen molar-refractivity contribution in [3.63, 3.8) is 0 Å². The molecule has 1 heterocycles. The predicted molar refractivity (Wildman–Crippen MR) is 55.9 cm³/mol. The molecular formula is C10H13NOS. The first kappa shape index (κ1) is 8.91. The maximum atomic E-state index is 9.10. The van der Waals surface area contributed by atoms with Crippen molar-refractivity contribution >= 4 is 11.8 Å². The topological polar surface area (TPSA) is 46.2 Å². The molecule has 1 aliphatic heterocycles. The molecule has 1 aromatic rings. The molecule has 0 spiro atoms. The third-order valence-corrected chi connectivity index (χ3v) is 3.84. The minimum Gasteiger partial charge on any atom is -0.508 e. The Kier molecular flexibility index (Phi) is 2.47. The highest BCUT2D eigenvalue weighted by atomic mass is 32.2. The van der Waals surface area contributed by atoms with Gasteiger partial charge in [0.2, 0.25) is 0 Å². The zero-order valence-corrected chi connectivity index (χ0v) is 8.13. The fourth-order valence-corrected chi connectivity index (χ4v) is 2.32. The van der Waals surface area contributed by atoms with E-state index < -0.39 is 0 Å². The molecule has 1 fully saturated rings. The number of phenols is 1. The predicted octanol–water partition coefficient (Wildman–Crippen LogP) is 1.90. The average Bonchev–Trinajstić information content (AvgIpc) is 2.02. The Balaban J connectivity index is 2.10. The van der Waals surface area contributed by atoms with Crippen LogP contribution in [-0.4, -0.2) is 16.1 Å². The van der Waals surface area contributed by atoms with Crippen LogP contribution < -0.4 is 5.73 Å². The maximum Gasteiger partial charge on any atom is 0.115 e. The quantitative estimate of drug-likeness (QED) is 0.757. The molecule has 0 amide bonds. The van der Waals surface area contributed by atoms with Crippen molar-refractivity contribution in [2.24, 2.45) is 5.73 Å². The number of hydrogen-bond donors (Lipinski definition) is 2. The van der Waals surface area contributed by atoms with Crippen LogP contribution in [-0.2, 0) is 0 Å². The molecule has 0 aliphatic carbocycles. The van der Waals surface area contributed by atoms with Crippen LogP contribution in [0.1, 0.15) is 18.0 Å². The monoisotopic (exact) mass is 195 g/mol. The summed E-state index contributed by atoms with van der Waals surface area (Å²) >= 11 is 1.92. The number of rotatable bonds is 2. The van der Waals surface area contributed by atoms with Gasteiger partial charge in [-0.3, -0.25) is 0 Å². The van der Waals surface area contributed by atoms with Gasteiger partial charge in [-0.1, -0.05) is 12.1 Å². The van der Waals surface area contributed by atoms with Gasteiger partial charge in [0.1, 0.15) is 5.75 Å². The summed E-state index contributed by atoms with van der Waals surface area (Å²) in [4.78, 5) is 0. The minimum absolute atomic E-state index is 0.124. The summed E-state index contributed by atoms with van der Waals surface area (Å²) in [6, 6.07) is 7.31. The maximum absolute atomic E-state index is 9.10. The molecule has 2 atom stereocenters. The van der Waals surface area contributed by atoms with E-state index in [1.807, 2.05) is 23.9 Å². The van der Waals surface area contributed by atoms with Crippen LogP contribution in [0.2, 0.25) is 0 Å². The van der Waals surface area contributed by atoms with Gasteiger partial charge >= 0.3 is 0 Å². The summed E-state index contributed by atoms with van der Waals surface area (Å²) in [5.41, 5.74) is 7.17. The van der Waals surface area contributed by atoms with E-state index in [0.29, 0.717) is 11.0 Å². The molecule has 2 rings (SSSR count). The zero-order valence-electron chi connectivity index (χ0n) is 7.31. The minimum atomic E-state index is 0.124. The first-order valence-corrected chi connectivity index (χ1v) is 5.48. The lowest BCUT2D eigenvalue weighted by Crippen LogP contribution is -2.30. The van der Waals surface area contributed by atoms with Gasteiger partial charge < -0.3 is 10.8 Å². The molecule has 3 N–H and O–H groups in total. The van der Waals surface area contributed by atoms with Crippen molar-refractivity contribution in [3.05, 3.63) is 29.8 Å². The largest absolute Gasteiger partial charge is 0.508 e. The van der Waals surface area contributed by atoms with E-state index in [-0.39, 0.29) is 6.04 Å². The van der Waals surface area contributed by atoms with Crippen molar-refractivity contribution in [1.29, 1.82) is 0 Å². The van der Waals surface area contributed by atoms with E-state index in [2.05, 4.69) is 0 Å². The highest BCUT2D eigenvalue weighted by molar-refractivity contribution is 8.01. The van der Waals surface area contributed by atoms with Gasteiger partial charge in [-0.25, -0.2) is 0 Å². The number of benzene rings is 1. The van der Waals surface area contributed by atoms with Crippen molar-refractivity contribution in [1.82, 2.24) is 0 Å². The SMILES string of the molecule is NC(c1ccc(O)cc1)[C@@H]1CCS1. The van der Waals surface area contributed by atoms with Gasteiger partial charge in [0, 0.05) is 11.3 Å². The van der Waals surface area contributed by atoms with Crippen LogP contribution in [0.15, 0.2) is 24.3 Å².